The van der Waals surface area contributed by atoms with Crippen LogP contribution in [0.4, 0.5) is 5.82 Å². The van der Waals surface area contributed by atoms with Gasteiger partial charge in [0.15, 0.2) is 5.82 Å². The fourth-order valence-corrected chi connectivity index (χ4v) is 2.07. The number of aryl methyl sites for hydroxylation is 1. The number of hydrogen-bond donors (Lipinski definition) is 1. The second-order valence-corrected chi connectivity index (χ2v) is 5.43. The summed E-state index contributed by atoms with van der Waals surface area (Å²) < 4.78 is 1.80. The fourth-order valence-electron chi connectivity index (χ4n) is 2.07. The molecular weight excluding hydrogens is 250 g/mol. The van der Waals surface area contributed by atoms with Gasteiger partial charge in [-0.25, -0.2) is 9.97 Å². The van der Waals surface area contributed by atoms with Gasteiger partial charge < -0.3 is 5.32 Å². The van der Waals surface area contributed by atoms with Gasteiger partial charge in [0.25, 0.3) is 0 Å². The minimum atomic E-state index is 0.573. The molecule has 2 heterocycles. The summed E-state index contributed by atoms with van der Waals surface area (Å²) >= 11 is 0. The van der Waals surface area contributed by atoms with Crippen LogP contribution >= 0.6 is 0 Å². The maximum atomic E-state index is 4.67. The average Bonchev–Trinajstić information content (AvgIpc) is 2.81. The van der Waals surface area contributed by atoms with Gasteiger partial charge in [-0.15, -0.1) is 0 Å². The Morgan fingerprint density at radius 3 is 2.70 bits per heavy atom. The van der Waals surface area contributed by atoms with Crippen LogP contribution in [0, 0.1) is 5.92 Å². The van der Waals surface area contributed by atoms with E-state index in [1.165, 1.54) is 0 Å². The first-order valence-electron chi connectivity index (χ1n) is 7.20. The number of anilines is 1. The normalized spacial score (nSPS) is 11.1. The van der Waals surface area contributed by atoms with Crippen LogP contribution in [0.15, 0.2) is 18.3 Å². The van der Waals surface area contributed by atoms with Crippen molar-refractivity contribution >= 4 is 5.82 Å². The van der Waals surface area contributed by atoms with Gasteiger partial charge in [0.05, 0.1) is 0 Å². The van der Waals surface area contributed by atoms with Crippen LogP contribution in [0.25, 0.3) is 11.5 Å². The molecule has 20 heavy (non-hydrogen) atoms. The predicted molar refractivity (Wildman–Crippen MR) is 81.6 cm³/mol. The van der Waals surface area contributed by atoms with Crippen molar-refractivity contribution in [1.29, 1.82) is 0 Å². The van der Waals surface area contributed by atoms with Crippen molar-refractivity contribution in [3.8, 4) is 11.5 Å². The Bertz CT molecular complexity index is 559. The van der Waals surface area contributed by atoms with Gasteiger partial charge >= 0.3 is 0 Å². The van der Waals surface area contributed by atoms with Gasteiger partial charge in [-0.1, -0.05) is 20.8 Å². The van der Waals surface area contributed by atoms with Gasteiger partial charge in [-0.05, 0) is 24.8 Å². The molecule has 0 aliphatic carbocycles. The summed E-state index contributed by atoms with van der Waals surface area (Å²) in [6, 6.07) is 3.99. The third kappa shape index (κ3) is 3.56. The van der Waals surface area contributed by atoms with Crippen molar-refractivity contribution in [1.82, 2.24) is 19.7 Å². The molecule has 0 fully saturated rings. The van der Waals surface area contributed by atoms with Crippen molar-refractivity contribution in [2.45, 2.75) is 33.6 Å². The lowest BCUT2D eigenvalue weighted by molar-refractivity contribution is 0.634. The highest BCUT2D eigenvalue weighted by molar-refractivity contribution is 5.53. The SMILES string of the molecule is CCCNc1cc(CC(C)C)nc(-c2ccnn2C)n1. The van der Waals surface area contributed by atoms with Crippen LogP contribution < -0.4 is 5.32 Å². The Balaban J connectivity index is 2.37. The largest absolute Gasteiger partial charge is 0.370 e. The molecule has 0 aromatic carbocycles. The zero-order chi connectivity index (χ0) is 14.5. The Labute approximate surface area is 120 Å². The van der Waals surface area contributed by atoms with Crippen LogP contribution in [0.3, 0.4) is 0 Å². The van der Waals surface area contributed by atoms with E-state index in [0.29, 0.717) is 5.92 Å². The van der Waals surface area contributed by atoms with Crippen LogP contribution in [-0.2, 0) is 13.5 Å². The molecule has 0 saturated heterocycles. The third-order valence-electron chi connectivity index (χ3n) is 3.00. The van der Waals surface area contributed by atoms with E-state index in [2.05, 4.69) is 47.2 Å². The molecule has 0 amide bonds. The number of nitrogens with one attached hydrogen (secondary N) is 1. The molecule has 2 aromatic rings. The predicted octanol–water partition coefficient (Wildman–Crippen LogP) is 2.90. The third-order valence-corrected chi connectivity index (χ3v) is 3.00. The molecule has 0 aliphatic rings. The van der Waals surface area contributed by atoms with E-state index in [4.69, 9.17) is 0 Å². The lowest BCUT2D eigenvalue weighted by Crippen LogP contribution is -2.08. The van der Waals surface area contributed by atoms with E-state index in [1.807, 2.05) is 13.1 Å². The summed E-state index contributed by atoms with van der Waals surface area (Å²) in [7, 11) is 1.91. The first-order chi connectivity index (χ1) is 9.60. The second kappa shape index (κ2) is 6.50. The Kier molecular flexibility index (Phi) is 4.71. The smallest absolute Gasteiger partial charge is 0.180 e. The Hall–Kier alpha value is -1.91. The van der Waals surface area contributed by atoms with Crippen molar-refractivity contribution < 1.29 is 0 Å². The Morgan fingerprint density at radius 2 is 2.10 bits per heavy atom. The molecule has 0 aliphatic heterocycles. The summed E-state index contributed by atoms with van der Waals surface area (Å²) in [6.07, 6.45) is 3.80. The highest BCUT2D eigenvalue weighted by Crippen LogP contribution is 2.18. The topological polar surface area (TPSA) is 55.6 Å². The molecule has 5 nitrogen and oxygen atoms in total. The van der Waals surface area contributed by atoms with Gasteiger partial charge in [-0.2, -0.15) is 5.10 Å². The van der Waals surface area contributed by atoms with E-state index < -0.39 is 0 Å². The van der Waals surface area contributed by atoms with Crippen LogP contribution in [0.2, 0.25) is 0 Å². The minimum Gasteiger partial charge on any atom is -0.370 e. The minimum absolute atomic E-state index is 0.573. The van der Waals surface area contributed by atoms with Crippen molar-refractivity contribution in [2.24, 2.45) is 13.0 Å². The molecule has 0 radical (unpaired) electrons. The monoisotopic (exact) mass is 273 g/mol. The van der Waals surface area contributed by atoms with Crippen molar-refractivity contribution in [2.75, 3.05) is 11.9 Å². The first kappa shape index (κ1) is 14.5. The zero-order valence-electron chi connectivity index (χ0n) is 12.7. The first-order valence-corrected chi connectivity index (χ1v) is 7.20. The summed E-state index contributed by atoms with van der Waals surface area (Å²) in [5.41, 5.74) is 2.01. The van der Waals surface area contributed by atoms with Crippen molar-refractivity contribution in [3.63, 3.8) is 0 Å². The highest BCUT2D eigenvalue weighted by atomic mass is 15.3. The number of rotatable bonds is 6. The second-order valence-electron chi connectivity index (χ2n) is 5.43. The average molecular weight is 273 g/mol. The fraction of sp³-hybridized carbons (Fsp3) is 0.533. The molecule has 1 N–H and O–H groups in total. The molecular formula is C15H23N5. The van der Waals surface area contributed by atoms with Crippen LogP contribution in [0.1, 0.15) is 32.9 Å². The maximum Gasteiger partial charge on any atom is 0.180 e. The van der Waals surface area contributed by atoms with Crippen LogP contribution in [0.5, 0.6) is 0 Å². The quantitative estimate of drug-likeness (QED) is 0.879. The molecule has 0 saturated carbocycles. The molecule has 0 spiro atoms. The summed E-state index contributed by atoms with van der Waals surface area (Å²) in [5.74, 6) is 2.21. The van der Waals surface area contributed by atoms with E-state index in [1.54, 1.807) is 10.9 Å². The molecule has 2 rings (SSSR count). The van der Waals surface area contributed by atoms with Gasteiger partial charge in [0.2, 0.25) is 0 Å². The van der Waals surface area contributed by atoms with Gasteiger partial charge in [0, 0.05) is 31.5 Å². The van der Waals surface area contributed by atoms with Crippen molar-refractivity contribution in [3.05, 3.63) is 24.0 Å². The highest BCUT2D eigenvalue weighted by Gasteiger charge is 2.10. The molecule has 5 heteroatoms. The summed E-state index contributed by atoms with van der Waals surface area (Å²) in [5, 5.41) is 7.54. The van der Waals surface area contributed by atoms with E-state index in [9.17, 15) is 0 Å². The molecule has 2 aromatic heterocycles. The van der Waals surface area contributed by atoms with Gasteiger partial charge in [-0.3, -0.25) is 4.68 Å². The van der Waals surface area contributed by atoms with E-state index in [0.717, 1.165) is 42.4 Å². The standard InChI is InChI=1S/C15H23N5/c1-5-7-16-14-10-12(9-11(2)3)18-15(19-14)13-6-8-17-20(13)4/h6,8,10-11H,5,7,9H2,1-4H3,(H,16,18,19). The Morgan fingerprint density at radius 1 is 1.30 bits per heavy atom. The molecule has 0 atom stereocenters. The lowest BCUT2D eigenvalue weighted by atomic mass is 10.1. The lowest BCUT2D eigenvalue weighted by Gasteiger charge is -2.11. The maximum absolute atomic E-state index is 4.67. The van der Waals surface area contributed by atoms with E-state index in [-0.39, 0.29) is 0 Å². The number of hydrogen-bond acceptors (Lipinski definition) is 4. The number of aromatic nitrogens is 4. The molecule has 0 unspecified atom stereocenters. The molecule has 0 bridgehead atoms. The van der Waals surface area contributed by atoms with Gasteiger partial charge in [0.1, 0.15) is 11.5 Å². The van der Waals surface area contributed by atoms with Crippen LogP contribution in [-0.4, -0.2) is 26.3 Å². The summed E-state index contributed by atoms with van der Waals surface area (Å²) in [6.45, 7) is 7.46. The summed E-state index contributed by atoms with van der Waals surface area (Å²) in [4.78, 5) is 9.27. The zero-order valence-corrected chi connectivity index (χ0v) is 12.7. The number of nitrogens with zero attached hydrogens (tertiary/aromatic N) is 4. The molecule has 108 valence electrons. The van der Waals surface area contributed by atoms with E-state index >= 15 is 0 Å².